The average molecular weight is 366 g/mol. The fourth-order valence-electron chi connectivity index (χ4n) is 3.42. The molecule has 1 aromatic carbocycles. The van der Waals surface area contributed by atoms with Gasteiger partial charge in [0.05, 0.1) is 5.56 Å². The second-order valence-corrected chi connectivity index (χ2v) is 7.19. The zero-order chi connectivity index (χ0) is 19.4. The first-order chi connectivity index (χ1) is 12.9. The van der Waals surface area contributed by atoms with Gasteiger partial charge in [-0.05, 0) is 36.6 Å². The Kier molecular flexibility index (Phi) is 5.74. The SMILES string of the molecule is CC(=O)NC1CCCN(C(=O)c2cncc(-c3ccc(N(C)C)cc3)c2)C1. The van der Waals surface area contributed by atoms with Gasteiger partial charge in [-0.15, -0.1) is 0 Å². The summed E-state index contributed by atoms with van der Waals surface area (Å²) in [5.74, 6) is -0.0940. The number of nitrogens with one attached hydrogen (secondary N) is 1. The highest BCUT2D eigenvalue weighted by atomic mass is 16.2. The van der Waals surface area contributed by atoms with Crippen LogP contribution in [-0.2, 0) is 4.79 Å². The van der Waals surface area contributed by atoms with E-state index >= 15 is 0 Å². The average Bonchev–Trinajstić information content (AvgIpc) is 2.67. The van der Waals surface area contributed by atoms with Crippen molar-refractivity contribution < 1.29 is 9.59 Å². The molecule has 1 saturated heterocycles. The van der Waals surface area contributed by atoms with Crippen LogP contribution >= 0.6 is 0 Å². The lowest BCUT2D eigenvalue weighted by molar-refractivity contribution is -0.120. The molecule has 142 valence electrons. The largest absolute Gasteiger partial charge is 0.378 e. The van der Waals surface area contributed by atoms with Gasteiger partial charge in [0.1, 0.15) is 0 Å². The fraction of sp³-hybridized carbons (Fsp3) is 0.381. The highest BCUT2D eigenvalue weighted by molar-refractivity contribution is 5.95. The van der Waals surface area contributed by atoms with Crippen molar-refractivity contribution in [3.8, 4) is 11.1 Å². The van der Waals surface area contributed by atoms with Crippen LogP contribution in [0.4, 0.5) is 5.69 Å². The van der Waals surface area contributed by atoms with Crippen molar-refractivity contribution in [2.75, 3.05) is 32.1 Å². The number of carbonyl (C=O) groups is 2. The summed E-state index contributed by atoms with van der Waals surface area (Å²) in [6.45, 7) is 2.76. The molecule has 1 aliphatic heterocycles. The van der Waals surface area contributed by atoms with Crippen molar-refractivity contribution in [1.82, 2.24) is 15.2 Å². The molecule has 6 nitrogen and oxygen atoms in total. The molecule has 6 heteroatoms. The summed E-state index contributed by atoms with van der Waals surface area (Å²) in [5.41, 5.74) is 3.64. The number of nitrogens with zero attached hydrogens (tertiary/aromatic N) is 3. The Morgan fingerprint density at radius 3 is 2.56 bits per heavy atom. The van der Waals surface area contributed by atoms with Crippen LogP contribution in [0.1, 0.15) is 30.1 Å². The number of benzene rings is 1. The molecule has 2 heterocycles. The molecule has 1 unspecified atom stereocenters. The van der Waals surface area contributed by atoms with E-state index in [1.807, 2.05) is 49.3 Å². The van der Waals surface area contributed by atoms with E-state index in [1.54, 1.807) is 17.3 Å². The minimum Gasteiger partial charge on any atom is -0.378 e. The minimum absolute atomic E-state index is 0.0231. The normalized spacial score (nSPS) is 16.7. The molecule has 1 aliphatic rings. The fourth-order valence-corrected chi connectivity index (χ4v) is 3.42. The van der Waals surface area contributed by atoms with Crippen LogP contribution in [0.2, 0.25) is 0 Å². The summed E-state index contributed by atoms with van der Waals surface area (Å²) in [6.07, 6.45) is 5.18. The first-order valence-electron chi connectivity index (χ1n) is 9.23. The Morgan fingerprint density at radius 2 is 1.89 bits per heavy atom. The van der Waals surface area contributed by atoms with Gasteiger partial charge in [-0.3, -0.25) is 14.6 Å². The van der Waals surface area contributed by atoms with Gasteiger partial charge in [0, 0.05) is 63.8 Å². The zero-order valence-electron chi connectivity index (χ0n) is 16.1. The van der Waals surface area contributed by atoms with E-state index in [2.05, 4.69) is 10.3 Å². The number of aromatic nitrogens is 1. The summed E-state index contributed by atoms with van der Waals surface area (Å²) >= 11 is 0. The monoisotopic (exact) mass is 366 g/mol. The van der Waals surface area contributed by atoms with Crippen LogP contribution < -0.4 is 10.2 Å². The number of likely N-dealkylation sites (tertiary alicyclic amines) is 1. The highest BCUT2D eigenvalue weighted by Gasteiger charge is 2.25. The molecule has 0 aliphatic carbocycles. The number of hydrogen-bond acceptors (Lipinski definition) is 4. The maximum Gasteiger partial charge on any atom is 0.255 e. The molecule has 2 aromatic rings. The number of hydrogen-bond donors (Lipinski definition) is 1. The van der Waals surface area contributed by atoms with E-state index in [-0.39, 0.29) is 17.9 Å². The maximum atomic E-state index is 12.9. The molecule has 1 N–H and O–H groups in total. The molecule has 0 spiro atoms. The van der Waals surface area contributed by atoms with Crippen molar-refractivity contribution in [2.45, 2.75) is 25.8 Å². The number of carbonyl (C=O) groups excluding carboxylic acids is 2. The molecule has 27 heavy (non-hydrogen) atoms. The third-order valence-corrected chi connectivity index (χ3v) is 4.82. The molecule has 1 atom stereocenters. The Bertz CT molecular complexity index is 817. The number of rotatable bonds is 4. The Balaban J connectivity index is 1.76. The maximum absolute atomic E-state index is 12.9. The quantitative estimate of drug-likeness (QED) is 0.903. The smallest absolute Gasteiger partial charge is 0.255 e. The van der Waals surface area contributed by atoms with E-state index in [1.165, 1.54) is 6.92 Å². The van der Waals surface area contributed by atoms with E-state index in [4.69, 9.17) is 0 Å². The predicted octanol–water partition coefficient (Wildman–Crippen LogP) is 2.56. The van der Waals surface area contributed by atoms with Crippen LogP contribution in [-0.4, -0.2) is 54.9 Å². The van der Waals surface area contributed by atoms with Gasteiger partial charge < -0.3 is 15.1 Å². The van der Waals surface area contributed by atoms with E-state index in [0.717, 1.165) is 29.7 Å². The summed E-state index contributed by atoms with van der Waals surface area (Å²) in [7, 11) is 4.01. The molecule has 0 saturated carbocycles. The van der Waals surface area contributed by atoms with Gasteiger partial charge in [-0.2, -0.15) is 0 Å². The van der Waals surface area contributed by atoms with Crippen LogP contribution in [0.15, 0.2) is 42.7 Å². The molecule has 1 aromatic heterocycles. The molecule has 0 bridgehead atoms. The van der Waals surface area contributed by atoms with Crippen LogP contribution in [0.5, 0.6) is 0 Å². The van der Waals surface area contributed by atoms with Crippen molar-refractivity contribution >= 4 is 17.5 Å². The van der Waals surface area contributed by atoms with Crippen molar-refractivity contribution in [2.24, 2.45) is 0 Å². The number of amides is 2. The Hall–Kier alpha value is -2.89. The highest BCUT2D eigenvalue weighted by Crippen LogP contribution is 2.23. The summed E-state index contributed by atoms with van der Waals surface area (Å²) in [5, 5.41) is 2.92. The van der Waals surface area contributed by atoms with Gasteiger partial charge >= 0.3 is 0 Å². The number of pyridine rings is 1. The lowest BCUT2D eigenvalue weighted by Gasteiger charge is -2.33. The van der Waals surface area contributed by atoms with Crippen LogP contribution in [0.3, 0.4) is 0 Å². The zero-order valence-corrected chi connectivity index (χ0v) is 16.1. The molecule has 0 radical (unpaired) electrons. The molecular formula is C21H26N4O2. The third-order valence-electron chi connectivity index (χ3n) is 4.82. The molecule has 1 fully saturated rings. The van der Waals surface area contributed by atoms with Crippen molar-refractivity contribution in [3.05, 3.63) is 48.3 Å². The first kappa shape index (κ1) is 18.9. The Labute approximate surface area is 160 Å². The second kappa shape index (κ2) is 8.20. The molecular weight excluding hydrogens is 340 g/mol. The minimum atomic E-state index is -0.0564. The van der Waals surface area contributed by atoms with Crippen molar-refractivity contribution in [3.63, 3.8) is 0 Å². The van der Waals surface area contributed by atoms with Crippen molar-refractivity contribution in [1.29, 1.82) is 0 Å². The summed E-state index contributed by atoms with van der Waals surface area (Å²) in [6, 6.07) is 10.1. The van der Waals surface area contributed by atoms with Crippen LogP contribution in [0, 0.1) is 0 Å². The number of anilines is 1. The first-order valence-corrected chi connectivity index (χ1v) is 9.23. The predicted molar refractivity (Wildman–Crippen MR) is 107 cm³/mol. The van der Waals surface area contributed by atoms with Gasteiger partial charge in [0.2, 0.25) is 5.91 Å². The van der Waals surface area contributed by atoms with Gasteiger partial charge in [0.25, 0.3) is 5.91 Å². The standard InChI is InChI=1S/C21H26N4O2/c1-15(26)23-19-5-4-10-25(14-19)21(27)18-11-17(12-22-13-18)16-6-8-20(9-7-16)24(2)3/h6-9,11-13,19H,4-5,10,14H2,1-3H3,(H,23,26). The van der Waals surface area contributed by atoms with Gasteiger partial charge in [-0.1, -0.05) is 12.1 Å². The summed E-state index contributed by atoms with van der Waals surface area (Å²) in [4.78, 5) is 32.3. The van der Waals surface area contributed by atoms with E-state index < -0.39 is 0 Å². The van der Waals surface area contributed by atoms with Gasteiger partial charge in [-0.25, -0.2) is 0 Å². The molecule has 2 amide bonds. The number of piperidine rings is 1. The van der Waals surface area contributed by atoms with Crippen LogP contribution in [0.25, 0.3) is 11.1 Å². The lowest BCUT2D eigenvalue weighted by Crippen LogP contribution is -2.49. The second-order valence-electron chi connectivity index (χ2n) is 7.19. The molecule has 3 rings (SSSR count). The topological polar surface area (TPSA) is 65.5 Å². The lowest BCUT2D eigenvalue weighted by atomic mass is 10.0. The summed E-state index contributed by atoms with van der Waals surface area (Å²) < 4.78 is 0. The third kappa shape index (κ3) is 4.64. The van der Waals surface area contributed by atoms with E-state index in [0.29, 0.717) is 18.7 Å². The van der Waals surface area contributed by atoms with Gasteiger partial charge in [0.15, 0.2) is 0 Å². The van der Waals surface area contributed by atoms with E-state index in [9.17, 15) is 9.59 Å². The Morgan fingerprint density at radius 1 is 1.15 bits per heavy atom.